The third kappa shape index (κ3) is 24.9. The van der Waals surface area contributed by atoms with E-state index in [9.17, 15) is 0 Å². The van der Waals surface area contributed by atoms with Gasteiger partial charge in [-0.3, -0.25) is 0 Å². The van der Waals surface area contributed by atoms with Gasteiger partial charge in [-0.15, -0.1) is 0 Å². The van der Waals surface area contributed by atoms with E-state index in [1.165, 1.54) is 32.1 Å². The minimum Gasteiger partial charge on any atom is -0.379 e. The fourth-order valence-electron chi connectivity index (χ4n) is 2.47. The van der Waals surface area contributed by atoms with Crippen LogP contribution in [-0.4, -0.2) is 25.9 Å². The predicted octanol–water partition coefficient (Wildman–Crippen LogP) is 7.57. The summed E-state index contributed by atoms with van der Waals surface area (Å²) in [6.07, 6.45) is 30.3. The van der Waals surface area contributed by atoms with Crippen molar-refractivity contribution in [3.63, 3.8) is 0 Å². The van der Waals surface area contributed by atoms with Crippen LogP contribution >= 0.6 is 0 Å². The van der Waals surface area contributed by atoms with E-state index in [4.69, 9.17) is 9.47 Å². The summed E-state index contributed by atoms with van der Waals surface area (Å²) in [7, 11) is 0. The van der Waals surface area contributed by atoms with E-state index in [-0.39, 0.29) is 0 Å². The molecule has 0 aromatic rings. The molecule has 2 nitrogen and oxygen atoms in total. The Hall–Kier alpha value is -1.12. The molecular weight excluding hydrogens is 332 g/mol. The average molecular weight is 377 g/mol. The third-order valence-electron chi connectivity index (χ3n) is 4.05. The van der Waals surface area contributed by atoms with Gasteiger partial charge in [-0.2, -0.15) is 0 Å². The van der Waals surface area contributed by atoms with Gasteiger partial charge in [0.2, 0.25) is 0 Å². The Labute approximate surface area is 169 Å². The lowest BCUT2D eigenvalue weighted by Crippen LogP contribution is -2.09. The van der Waals surface area contributed by atoms with Crippen LogP contribution in [0.25, 0.3) is 0 Å². The van der Waals surface area contributed by atoms with Gasteiger partial charge in [0.25, 0.3) is 0 Å². The van der Waals surface area contributed by atoms with Crippen molar-refractivity contribution in [1.82, 2.24) is 0 Å². The van der Waals surface area contributed by atoms with Crippen molar-refractivity contribution in [1.29, 1.82) is 0 Å². The Bertz CT molecular complexity index is 391. The van der Waals surface area contributed by atoms with Crippen LogP contribution in [0.1, 0.15) is 85.0 Å². The van der Waals surface area contributed by atoms with E-state index in [0.29, 0.717) is 19.3 Å². The number of ether oxygens (including phenoxy) is 2. The van der Waals surface area contributed by atoms with Gasteiger partial charge in [0.1, 0.15) is 0 Å². The molecule has 0 atom stereocenters. The monoisotopic (exact) mass is 376 g/mol. The first kappa shape index (κ1) is 25.9. The van der Waals surface area contributed by atoms with Crippen molar-refractivity contribution < 1.29 is 9.47 Å². The molecule has 0 aromatic carbocycles. The molecule has 0 unspecified atom stereocenters. The zero-order valence-corrected chi connectivity index (χ0v) is 18.2. The molecule has 0 aliphatic heterocycles. The molecule has 27 heavy (non-hydrogen) atoms. The number of allylic oxidation sites excluding steroid dienone is 8. The number of rotatable bonds is 19. The molecule has 0 aliphatic carbocycles. The first-order valence-electron chi connectivity index (χ1n) is 11.1. The van der Waals surface area contributed by atoms with Crippen molar-refractivity contribution in [2.24, 2.45) is 0 Å². The average Bonchev–Trinajstić information content (AvgIpc) is 2.65. The Kier molecular flexibility index (Phi) is 22.0. The van der Waals surface area contributed by atoms with Gasteiger partial charge in [0.15, 0.2) is 0 Å². The summed E-state index contributed by atoms with van der Waals surface area (Å²) in [6, 6.07) is 0. The SMILES string of the molecule is CCCCC/C=C/C/C=C/C/C=C/C/C=C/CCCCOCCOC(C)C. The molecule has 0 bridgehead atoms. The standard InChI is InChI=1S/C25H44O2/c1-4-5-6-7-8-9-10-11-12-13-14-15-16-17-18-19-20-21-22-26-23-24-27-25(2)3/h8-9,11-12,14-15,17-18,25H,4-7,10,13,16,19-24H2,1-3H3/b9-8+,12-11+,15-14+,18-17+. The van der Waals surface area contributed by atoms with Gasteiger partial charge >= 0.3 is 0 Å². The second-order valence-corrected chi connectivity index (χ2v) is 7.12. The van der Waals surface area contributed by atoms with Gasteiger partial charge in [0, 0.05) is 6.61 Å². The smallest absolute Gasteiger partial charge is 0.0703 e. The van der Waals surface area contributed by atoms with Crippen LogP contribution in [0.4, 0.5) is 0 Å². The second-order valence-electron chi connectivity index (χ2n) is 7.12. The van der Waals surface area contributed by atoms with E-state index in [0.717, 1.165) is 38.7 Å². The first-order valence-corrected chi connectivity index (χ1v) is 11.1. The molecule has 0 amide bonds. The Morgan fingerprint density at radius 1 is 0.593 bits per heavy atom. The summed E-state index contributed by atoms with van der Waals surface area (Å²) in [5.74, 6) is 0. The van der Waals surface area contributed by atoms with E-state index in [1.54, 1.807) is 0 Å². The highest BCUT2D eigenvalue weighted by Gasteiger charge is 1.93. The number of unbranched alkanes of at least 4 members (excludes halogenated alkanes) is 5. The first-order chi connectivity index (χ1) is 13.3. The molecule has 0 fully saturated rings. The van der Waals surface area contributed by atoms with Crippen molar-refractivity contribution in [3.05, 3.63) is 48.6 Å². The molecule has 0 N–H and O–H groups in total. The molecule has 0 saturated carbocycles. The molecule has 0 aromatic heterocycles. The Morgan fingerprint density at radius 3 is 1.63 bits per heavy atom. The van der Waals surface area contributed by atoms with Crippen molar-refractivity contribution in [2.75, 3.05) is 19.8 Å². The summed E-state index contributed by atoms with van der Waals surface area (Å²) in [4.78, 5) is 0. The topological polar surface area (TPSA) is 18.5 Å². The Morgan fingerprint density at radius 2 is 1.11 bits per heavy atom. The molecule has 0 heterocycles. The maximum Gasteiger partial charge on any atom is 0.0703 e. The summed E-state index contributed by atoms with van der Waals surface area (Å²) in [5, 5.41) is 0. The van der Waals surface area contributed by atoms with Crippen molar-refractivity contribution in [3.8, 4) is 0 Å². The fraction of sp³-hybridized carbons (Fsp3) is 0.680. The normalized spacial score (nSPS) is 12.7. The predicted molar refractivity (Wildman–Crippen MR) is 120 cm³/mol. The minimum absolute atomic E-state index is 0.297. The summed E-state index contributed by atoms with van der Waals surface area (Å²) < 4.78 is 11.0. The summed E-state index contributed by atoms with van der Waals surface area (Å²) >= 11 is 0. The zero-order valence-electron chi connectivity index (χ0n) is 18.2. The quantitative estimate of drug-likeness (QED) is 0.171. The van der Waals surface area contributed by atoms with Crippen LogP contribution in [0, 0.1) is 0 Å². The van der Waals surface area contributed by atoms with Crippen molar-refractivity contribution >= 4 is 0 Å². The van der Waals surface area contributed by atoms with E-state index in [2.05, 4.69) is 55.5 Å². The van der Waals surface area contributed by atoms with Gasteiger partial charge < -0.3 is 9.47 Å². The van der Waals surface area contributed by atoms with Crippen LogP contribution < -0.4 is 0 Å². The Balaban J connectivity index is 3.32. The van der Waals surface area contributed by atoms with Gasteiger partial charge in [-0.05, 0) is 65.2 Å². The largest absolute Gasteiger partial charge is 0.379 e. The van der Waals surface area contributed by atoms with Crippen LogP contribution in [0.3, 0.4) is 0 Å². The molecule has 0 spiro atoms. The lowest BCUT2D eigenvalue weighted by molar-refractivity contribution is 0.0188. The van der Waals surface area contributed by atoms with Crippen LogP contribution in [0.15, 0.2) is 48.6 Å². The molecular formula is C25H44O2. The maximum atomic E-state index is 5.54. The van der Waals surface area contributed by atoms with Crippen molar-refractivity contribution in [2.45, 2.75) is 91.1 Å². The third-order valence-corrected chi connectivity index (χ3v) is 4.05. The van der Waals surface area contributed by atoms with Gasteiger partial charge in [0.05, 0.1) is 19.3 Å². The number of hydrogen-bond acceptors (Lipinski definition) is 2. The van der Waals surface area contributed by atoms with Crippen LogP contribution in [0.2, 0.25) is 0 Å². The van der Waals surface area contributed by atoms with E-state index in [1.807, 2.05) is 13.8 Å². The molecule has 0 rings (SSSR count). The molecule has 0 saturated heterocycles. The number of hydrogen-bond donors (Lipinski definition) is 0. The summed E-state index contributed by atoms with van der Waals surface area (Å²) in [6.45, 7) is 8.60. The summed E-state index contributed by atoms with van der Waals surface area (Å²) in [5.41, 5.74) is 0. The van der Waals surface area contributed by atoms with Gasteiger partial charge in [-0.25, -0.2) is 0 Å². The fourth-order valence-corrected chi connectivity index (χ4v) is 2.47. The van der Waals surface area contributed by atoms with Gasteiger partial charge in [-0.1, -0.05) is 68.4 Å². The zero-order chi connectivity index (χ0) is 19.8. The van der Waals surface area contributed by atoms with E-state index >= 15 is 0 Å². The van der Waals surface area contributed by atoms with Crippen LogP contribution in [0.5, 0.6) is 0 Å². The second kappa shape index (κ2) is 22.9. The molecule has 0 aliphatic rings. The lowest BCUT2D eigenvalue weighted by Gasteiger charge is -2.07. The highest BCUT2D eigenvalue weighted by Crippen LogP contribution is 2.01. The highest BCUT2D eigenvalue weighted by molar-refractivity contribution is 4.99. The van der Waals surface area contributed by atoms with Crippen LogP contribution in [-0.2, 0) is 9.47 Å². The van der Waals surface area contributed by atoms with E-state index < -0.39 is 0 Å². The molecule has 2 heteroatoms. The maximum absolute atomic E-state index is 5.54. The minimum atomic E-state index is 0.297. The molecule has 0 radical (unpaired) electrons. The lowest BCUT2D eigenvalue weighted by atomic mass is 10.2. The molecule has 156 valence electrons. The highest BCUT2D eigenvalue weighted by atomic mass is 16.5.